The summed E-state index contributed by atoms with van der Waals surface area (Å²) in [5, 5.41) is 1.10. The molecule has 26 heavy (non-hydrogen) atoms. The Balaban J connectivity index is 2.38. The first-order chi connectivity index (χ1) is 12.3. The molecule has 0 radical (unpaired) electrons. The highest BCUT2D eigenvalue weighted by molar-refractivity contribution is 7.89. The van der Waals surface area contributed by atoms with Gasteiger partial charge in [-0.3, -0.25) is 9.63 Å². The summed E-state index contributed by atoms with van der Waals surface area (Å²) in [7, 11) is -0.914. The molecule has 1 N–H and O–H groups in total. The lowest BCUT2D eigenvalue weighted by Gasteiger charge is -2.27. The van der Waals surface area contributed by atoms with Crippen molar-refractivity contribution in [2.45, 2.75) is 24.8 Å². The van der Waals surface area contributed by atoms with Crippen LogP contribution in [-0.2, 0) is 19.7 Å². The van der Waals surface area contributed by atoms with E-state index in [9.17, 15) is 13.2 Å². The number of nitrogens with zero attached hydrogens (tertiary/aromatic N) is 1. The van der Waals surface area contributed by atoms with Crippen molar-refractivity contribution in [3.05, 3.63) is 65.7 Å². The number of carbonyl (C=O) groups excluding carboxylic acids is 1. The van der Waals surface area contributed by atoms with E-state index in [0.717, 1.165) is 10.6 Å². The monoisotopic (exact) mass is 376 g/mol. The Kier molecular flexibility index (Phi) is 6.52. The Hall–Kier alpha value is -2.22. The van der Waals surface area contributed by atoms with Crippen LogP contribution in [-0.4, -0.2) is 33.5 Å². The van der Waals surface area contributed by atoms with Gasteiger partial charge in [-0.15, -0.1) is 0 Å². The number of benzene rings is 2. The highest BCUT2D eigenvalue weighted by Crippen LogP contribution is 2.26. The van der Waals surface area contributed by atoms with Gasteiger partial charge in [0.1, 0.15) is 0 Å². The second kappa shape index (κ2) is 8.44. The van der Waals surface area contributed by atoms with Crippen LogP contribution in [0.3, 0.4) is 0 Å². The lowest BCUT2D eigenvalue weighted by molar-refractivity contribution is -0.173. The second-order valence-corrected chi connectivity index (χ2v) is 7.84. The third-order valence-electron chi connectivity index (χ3n) is 4.25. The second-order valence-electron chi connectivity index (χ2n) is 6.13. The molecule has 2 rings (SSSR count). The number of sulfonamides is 1. The zero-order valence-corrected chi connectivity index (χ0v) is 16.2. The molecule has 0 spiro atoms. The smallest absolute Gasteiger partial charge is 0.250 e. The van der Waals surface area contributed by atoms with Crippen LogP contribution in [0.2, 0.25) is 0 Å². The Bertz CT molecular complexity index is 836. The van der Waals surface area contributed by atoms with Gasteiger partial charge in [0.25, 0.3) is 5.91 Å². The molecule has 140 valence electrons. The number of nitrogens with one attached hydrogen (secondary N) is 1. The van der Waals surface area contributed by atoms with E-state index in [1.165, 1.54) is 14.2 Å². The van der Waals surface area contributed by atoms with Crippen molar-refractivity contribution in [1.29, 1.82) is 0 Å². The Morgan fingerprint density at radius 1 is 1.08 bits per heavy atom. The van der Waals surface area contributed by atoms with Gasteiger partial charge in [0.2, 0.25) is 10.0 Å². The van der Waals surface area contributed by atoms with Crippen LogP contribution in [0.25, 0.3) is 0 Å². The lowest BCUT2D eigenvalue weighted by atomic mass is 9.94. The minimum absolute atomic E-state index is 0.156. The molecular formula is C19H24N2O4S. The van der Waals surface area contributed by atoms with Crippen LogP contribution in [0, 0.1) is 12.8 Å². The third-order valence-corrected chi connectivity index (χ3v) is 5.70. The summed E-state index contributed by atoms with van der Waals surface area (Å²) in [6.45, 7) is 3.56. The van der Waals surface area contributed by atoms with Crippen LogP contribution >= 0.6 is 0 Å². The summed E-state index contributed by atoms with van der Waals surface area (Å²) in [5.74, 6) is -0.990. The van der Waals surface area contributed by atoms with Crippen molar-refractivity contribution in [1.82, 2.24) is 9.79 Å². The zero-order valence-electron chi connectivity index (χ0n) is 15.3. The minimum atomic E-state index is -3.80. The molecule has 0 aliphatic heterocycles. The van der Waals surface area contributed by atoms with E-state index in [1.807, 2.05) is 13.0 Å². The summed E-state index contributed by atoms with van der Waals surface area (Å²) >= 11 is 0. The highest BCUT2D eigenvalue weighted by Gasteiger charge is 2.32. The fraction of sp³-hybridized carbons (Fsp3) is 0.316. The maximum Gasteiger partial charge on any atom is 0.250 e. The van der Waals surface area contributed by atoms with Gasteiger partial charge in [-0.05, 0) is 24.6 Å². The van der Waals surface area contributed by atoms with Crippen molar-refractivity contribution in [3.8, 4) is 0 Å². The van der Waals surface area contributed by atoms with E-state index in [-0.39, 0.29) is 10.8 Å². The van der Waals surface area contributed by atoms with Crippen molar-refractivity contribution < 1.29 is 18.0 Å². The molecule has 0 saturated heterocycles. The number of hydroxylamine groups is 2. The number of hydrogen-bond donors (Lipinski definition) is 1. The maximum absolute atomic E-state index is 12.8. The average molecular weight is 376 g/mol. The lowest BCUT2D eigenvalue weighted by Crippen LogP contribution is -2.40. The third kappa shape index (κ3) is 4.69. The van der Waals surface area contributed by atoms with E-state index in [2.05, 4.69) is 4.72 Å². The number of amides is 1. The summed E-state index contributed by atoms with van der Waals surface area (Å²) in [5.41, 5.74) is 1.67. The quantitative estimate of drug-likeness (QED) is 0.754. The van der Waals surface area contributed by atoms with Crippen molar-refractivity contribution >= 4 is 15.9 Å². The Labute approximate surface area is 154 Å². The predicted octanol–water partition coefficient (Wildman–Crippen LogP) is 2.67. The summed E-state index contributed by atoms with van der Waals surface area (Å²) in [6, 6.07) is 14.9. The Morgan fingerprint density at radius 2 is 1.65 bits per heavy atom. The predicted molar refractivity (Wildman–Crippen MR) is 99.6 cm³/mol. The van der Waals surface area contributed by atoms with Crippen LogP contribution in [0.1, 0.15) is 24.1 Å². The molecule has 0 unspecified atom stereocenters. The van der Waals surface area contributed by atoms with E-state index < -0.39 is 22.0 Å². The molecule has 0 bridgehead atoms. The van der Waals surface area contributed by atoms with Crippen LogP contribution in [0.5, 0.6) is 0 Å². The molecule has 6 nitrogen and oxygen atoms in total. The molecule has 0 saturated carbocycles. The van der Waals surface area contributed by atoms with Gasteiger partial charge in [-0.2, -0.15) is 0 Å². The molecule has 1 amide bonds. The molecule has 7 heteroatoms. The topological polar surface area (TPSA) is 75.7 Å². The molecule has 0 aliphatic carbocycles. The van der Waals surface area contributed by atoms with Gasteiger partial charge in [0, 0.05) is 7.05 Å². The van der Waals surface area contributed by atoms with Gasteiger partial charge in [-0.25, -0.2) is 18.2 Å². The van der Waals surface area contributed by atoms with Gasteiger partial charge in [0.15, 0.2) is 0 Å². The summed E-state index contributed by atoms with van der Waals surface area (Å²) < 4.78 is 28.3. The fourth-order valence-corrected chi connectivity index (χ4v) is 3.90. The SMILES string of the molecule is CON(C)C(=O)[C@@H](C)[C@@H](NS(=O)(=O)c1ccc(C)cc1)c1ccccc1. The maximum atomic E-state index is 12.8. The first-order valence-corrected chi connectivity index (χ1v) is 9.70. The summed E-state index contributed by atoms with van der Waals surface area (Å²) in [6.07, 6.45) is 0. The molecule has 0 aliphatic rings. The molecule has 0 aromatic heterocycles. The minimum Gasteiger partial charge on any atom is -0.275 e. The molecule has 0 heterocycles. The van der Waals surface area contributed by atoms with E-state index in [0.29, 0.717) is 5.56 Å². The largest absolute Gasteiger partial charge is 0.275 e. The first kappa shape index (κ1) is 20.1. The number of carbonyl (C=O) groups is 1. The van der Waals surface area contributed by atoms with Gasteiger partial charge in [-0.1, -0.05) is 55.0 Å². The van der Waals surface area contributed by atoms with Gasteiger partial charge in [0.05, 0.1) is 24.0 Å². The molecule has 0 fully saturated rings. The van der Waals surface area contributed by atoms with Crippen molar-refractivity contribution in [2.75, 3.05) is 14.2 Å². The van der Waals surface area contributed by atoms with Gasteiger partial charge >= 0.3 is 0 Å². The first-order valence-electron chi connectivity index (χ1n) is 8.22. The Morgan fingerprint density at radius 3 is 2.19 bits per heavy atom. The standard InChI is InChI=1S/C19H24N2O4S/c1-14-10-12-17(13-11-14)26(23,24)20-18(16-8-6-5-7-9-16)15(2)19(22)21(3)25-4/h5-13,15,18,20H,1-4H3/t15-,18+/m0/s1. The van der Waals surface area contributed by atoms with E-state index in [4.69, 9.17) is 4.84 Å². The van der Waals surface area contributed by atoms with Gasteiger partial charge < -0.3 is 0 Å². The number of hydrogen-bond acceptors (Lipinski definition) is 4. The normalized spacial score (nSPS) is 13.8. The van der Waals surface area contributed by atoms with Crippen molar-refractivity contribution in [2.24, 2.45) is 5.92 Å². The average Bonchev–Trinajstić information content (AvgIpc) is 2.65. The molecule has 2 aromatic carbocycles. The highest BCUT2D eigenvalue weighted by atomic mass is 32.2. The summed E-state index contributed by atoms with van der Waals surface area (Å²) in [4.78, 5) is 17.6. The molecular weight excluding hydrogens is 352 g/mol. The van der Waals surface area contributed by atoms with E-state index >= 15 is 0 Å². The number of rotatable bonds is 7. The van der Waals surface area contributed by atoms with Crippen LogP contribution in [0.15, 0.2) is 59.5 Å². The van der Waals surface area contributed by atoms with Crippen LogP contribution in [0.4, 0.5) is 0 Å². The molecule has 2 aromatic rings. The van der Waals surface area contributed by atoms with Crippen molar-refractivity contribution in [3.63, 3.8) is 0 Å². The van der Waals surface area contributed by atoms with E-state index in [1.54, 1.807) is 55.5 Å². The van der Waals surface area contributed by atoms with Crippen LogP contribution < -0.4 is 4.72 Å². The molecule has 2 atom stereocenters. The fourth-order valence-electron chi connectivity index (χ4n) is 2.59. The number of aryl methyl sites for hydroxylation is 1. The zero-order chi connectivity index (χ0) is 19.3.